The predicted octanol–water partition coefficient (Wildman–Crippen LogP) is 2.28. The van der Waals surface area contributed by atoms with Gasteiger partial charge >= 0.3 is 22.4 Å². The van der Waals surface area contributed by atoms with Gasteiger partial charge in [0.15, 0.2) is 5.75 Å². The molecule has 0 radical (unpaired) electrons. The molecule has 0 bridgehead atoms. The van der Waals surface area contributed by atoms with Gasteiger partial charge in [-0.3, -0.25) is 19.5 Å². The SMILES string of the molecule is CC(C)(C)OC(=O)N1CCC(c2ccc3c(oc(=O)n3C3CCC(=O)NC3=O)c2OS(=O)(=O)F)CC1. The van der Waals surface area contributed by atoms with E-state index in [1.54, 1.807) is 20.8 Å². The summed E-state index contributed by atoms with van der Waals surface area (Å²) < 4.78 is 52.9. The first-order chi connectivity index (χ1) is 16.7. The van der Waals surface area contributed by atoms with E-state index in [2.05, 4.69) is 9.50 Å². The summed E-state index contributed by atoms with van der Waals surface area (Å²) in [6, 6.07) is 1.86. The van der Waals surface area contributed by atoms with E-state index in [9.17, 15) is 31.5 Å². The number of carbonyl (C=O) groups excluding carboxylic acids is 3. The summed E-state index contributed by atoms with van der Waals surface area (Å²) in [6.45, 7) is 5.84. The fraction of sp³-hybridized carbons (Fsp3) is 0.545. The van der Waals surface area contributed by atoms with Crippen LogP contribution in [0.2, 0.25) is 0 Å². The number of benzene rings is 1. The van der Waals surface area contributed by atoms with E-state index in [1.165, 1.54) is 17.0 Å². The zero-order valence-corrected chi connectivity index (χ0v) is 20.7. The molecule has 196 valence electrons. The zero-order chi connectivity index (χ0) is 26.4. The second-order valence-electron chi connectivity index (χ2n) is 9.76. The number of hydrogen-bond acceptors (Lipinski definition) is 9. The molecule has 12 nitrogen and oxygen atoms in total. The maximum Gasteiger partial charge on any atom is 0.488 e. The Hall–Kier alpha value is -3.42. The molecule has 2 aromatic rings. The Morgan fingerprint density at radius 1 is 1.14 bits per heavy atom. The third kappa shape index (κ3) is 5.37. The fourth-order valence-corrected chi connectivity index (χ4v) is 4.89. The highest BCUT2D eigenvalue weighted by Gasteiger charge is 2.35. The highest BCUT2D eigenvalue weighted by molar-refractivity contribution is 7.81. The van der Waals surface area contributed by atoms with E-state index in [0.717, 1.165) is 4.57 Å². The van der Waals surface area contributed by atoms with Gasteiger partial charge in [-0.15, -0.1) is 0 Å². The molecule has 4 rings (SSSR count). The first kappa shape index (κ1) is 25.7. The number of imide groups is 1. The molecule has 3 heterocycles. The van der Waals surface area contributed by atoms with Crippen molar-refractivity contribution in [2.24, 2.45) is 0 Å². The Morgan fingerprint density at radius 2 is 1.81 bits per heavy atom. The van der Waals surface area contributed by atoms with Gasteiger partial charge in [0.2, 0.25) is 17.4 Å². The summed E-state index contributed by atoms with van der Waals surface area (Å²) in [5.41, 5.74) is -0.708. The normalized spacial score (nSPS) is 19.9. The third-order valence-corrected chi connectivity index (χ3v) is 6.42. The average Bonchev–Trinajstić information content (AvgIpc) is 3.08. The zero-order valence-electron chi connectivity index (χ0n) is 19.9. The van der Waals surface area contributed by atoms with Gasteiger partial charge in [0.05, 0.1) is 5.52 Å². The van der Waals surface area contributed by atoms with Gasteiger partial charge in [-0.2, -0.15) is 8.42 Å². The van der Waals surface area contributed by atoms with Crippen molar-refractivity contribution in [1.82, 2.24) is 14.8 Å². The van der Waals surface area contributed by atoms with Crippen molar-refractivity contribution in [2.75, 3.05) is 13.1 Å². The number of carbonyl (C=O) groups is 3. The molecule has 2 fully saturated rings. The number of amides is 3. The molecule has 2 saturated heterocycles. The molecule has 1 aromatic carbocycles. The van der Waals surface area contributed by atoms with E-state index in [4.69, 9.17) is 9.15 Å². The summed E-state index contributed by atoms with van der Waals surface area (Å²) in [5, 5.41) is 2.14. The van der Waals surface area contributed by atoms with Crippen LogP contribution in [0.4, 0.5) is 8.68 Å². The molecule has 1 aromatic heterocycles. The molecular weight excluding hydrogens is 501 g/mol. The lowest BCUT2D eigenvalue weighted by atomic mass is 9.88. The molecule has 1 N–H and O–H groups in total. The number of halogens is 1. The molecule has 14 heteroatoms. The number of oxazole rings is 1. The minimum absolute atomic E-state index is 0.00789. The second-order valence-corrected chi connectivity index (χ2v) is 10.7. The Kier molecular flexibility index (Phi) is 6.58. The number of rotatable bonds is 4. The number of piperidine rings is 2. The number of likely N-dealkylation sites (tertiary alicyclic amines) is 1. The Balaban J connectivity index is 1.69. The minimum Gasteiger partial charge on any atom is -0.444 e. The van der Waals surface area contributed by atoms with Gasteiger partial charge in [0.25, 0.3) is 0 Å². The molecule has 2 aliphatic rings. The van der Waals surface area contributed by atoms with Crippen LogP contribution in [0.3, 0.4) is 0 Å². The number of fused-ring (bicyclic) bond motifs is 1. The van der Waals surface area contributed by atoms with Crippen LogP contribution in [-0.4, -0.2) is 54.5 Å². The quantitative estimate of drug-likeness (QED) is 0.466. The van der Waals surface area contributed by atoms with Crippen LogP contribution in [0.5, 0.6) is 5.75 Å². The molecule has 36 heavy (non-hydrogen) atoms. The van der Waals surface area contributed by atoms with Crippen molar-refractivity contribution in [3.8, 4) is 5.75 Å². The van der Waals surface area contributed by atoms with Crippen molar-refractivity contribution in [3.05, 3.63) is 28.2 Å². The molecule has 1 atom stereocenters. The van der Waals surface area contributed by atoms with Crippen molar-refractivity contribution in [3.63, 3.8) is 0 Å². The lowest BCUT2D eigenvalue weighted by Crippen LogP contribution is -2.43. The van der Waals surface area contributed by atoms with E-state index in [0.29, 0.717) is 25.9 Å². The van der Waals surface area contributed by atoms with Crippen molar-refractivity contribution < 1.29 is 40.0 Å². The molecule has 1 unspecified atom stereocenters. The van der Waals surface area contributed by atoms with Crippen LogP contribution in [-0.2, 0) is 24.8 Å². The van der Waals surface area contributed by atoms with Gasteiger partial charge in [-0.05, 0) is 52.0 Å². The van der Waals surface area contributed by atoms with Crippen LogP contribution in [0.25, 0.3) is 11.1 Å². The number of nitrogens with zero attached hydrogens (tertiary/aromatic N) is 2. The summed E-state index contributed by atoms with van der Waals surface area (Å²) in [7, 11) is -5.50. The van der Waals surface area contributed by atoms with Crippen LogP contribution < -0.4 is 15.3 Å². The molecule has 2 aliphatic heterocycles. The Labute approximate surface area is 205 Å². The molecular formula is C22H26FN3O9S. The minimum atomic E-state index is -5.50. The standard InChI is InChI=1S/C22H26FN3O9S/c1-22(2,3)34-20(29)25-10-8-12(9-11-25)13-4-5-14-18(17(13)35-36(23,31)32)33-21(30)26(14)15-6-7-16(27)24-19(15)28/h4-5,12,15H,6-11H2,1-3H3,(H,24,27,28). The van der Waals surface area contributed by atoms with Gasteiger partial charge in [0, 0.05) is 25.1 Å². The lowest BCUT2D eigenvalue weighted by molar-refractivity contribution is -0.135. The first-order valence-corrected chi connectivity index (χ1v) is 12.7. The van der Waals surface area contributed by atoms with Crippen molar-refractivity contribution in [1.29, 1.82) is 0 Å². The average molecular weight is 528 g/mol. The monoisotopic (exact) mass is 527 g/mol. The number of ether oxygens (including phenoxy) is 1. The van der Waals surface area contributed by atoms with Crippen LogP contribution in [0.1, 0.15) is 64.0 Å². The largest absolute Gasteiger partial charge is 0.488 e. The topological polar surface area (TPSA) is 154 Å². The number of aromatic nitrogens is 1. The third-order valence-electron chi connectivity index (χ3n) is 6.06. The summed E-state index contributed by atoms with van der Waals surface area (Å²) >= 11 is 0. The molecule has 0 spiro atoms. The van der Waals surface area contributed by atoms with Crippen LogP contribution in [0.15, 0.2) is 21.3 Å². The van der Waals surface area contributed by atoms with E-state index >= 15 is 0 Å². The predicted molar refractivity (Wildman–Crippen MR) is 122 cm³/mol. The fourth-order valence-electron chi connectivity index (χ4n) is 4.52. The van der Waals surface area contributed by atoms with E-state index < -0.39 is 51.6 Å². The van der Waals surface area contributed by atoms with E-state index in [-0.39, 0.29) is 35.4 Å². The number of nitrogens with one attached hydrogen (secondary N) is 1. The summed E-state index contributed by atoms with van der Waals surface area (Å²) in [6.07, 6.45) is 0.302. The van der Waals surface area contributed by atoms with Crippen LogP contribution in [0, 0.1) is 0 Å². The van der Waals surface area contributed by atoms with Crippen LogP contribution >= 0.6 is 0 Å². The summed E-state index contributed by atoms with van der Waals surface area (Å²) in [5.74, 6) is -3.03. The summed E-state index contributed by atoms with van der Waals surface area (Å²) in [4.78, 5) is 50.4. The second kappa shape index (κ2) is 9.22. The van der Waals surface area contributed by atoms with Gasteiger partial charge in [-0.1, -0.05) is 9.95 Å². The van der Waals surface area contributed by atoms with Gasteiger partial charge in [-0.25, -0.2) is 9.59 Å². The van der Waals surface area contributed by atoms with Gasteiger partial charge in [0.1, 0.15) is 11.6 Å². The maximum absolute atomic E-state index is 13.7. The molecule has 0 saturated carbocycles. The molecule has 0 aliphatic carbocycles. The smallest absolute Gasteiger partial charge is 0.444 e. The van der Waals surface area contributed by atoms with Crippen molar-refractivity contribution in [2.45, 2.75) is 64.0 Å². The van der Waals surface area contributed by atoms with E-state index in [1.807, 2.05) is 0 Å². The maximum atomic E-state index is 13.7. The number of hydrogen-bond donors (Lipinski definition) is 1. The highest BCUT2D eigenvalue weighted by Crippen LogP contribution is 2.40. The van der Waals surface area contributed by atoms with Crippen molar-refractivity contribution >= 4 is 39.5 Å². The Morgan fingerprint density at radius 3 is 2.39 bits per heavy atom. The highest BCUT2D eigenvalue weighted by atomic mass is 32.3. The first-order valence-electron chi connectivity index (χ1n) is 11.4. The Bertz CT molecular complexity index is 1380. The molecule has 3 amide bonds. The van der Waals surface area contributed by atoms with Gasteiger partial charge < -0.3 is 18.2 Å². The lowest BCUT2D eigenvalue weighted by Gasteiger charge is -2.33.